The molecule has 0 radical (unpaired) electrons. The van der Waals surface area contributed by atoms with Crippen LogP contribution in [0.3, 0.4) is 0 Å². The van der Waals surface area contributed by atoms with Gasteiger partial charge in [-0.15, -0.1) is 0 Å². The van der Waals surface area contributed by atoms with E-state index in [1.165, 1.54) is 13.2 Å². The van der Waals surface area contributed by atoms with Crippen LogP contribution in [0.1, 0.15) is 21.6 Å². The van der Waals surface area contributed by atoms with E-state index in [-0.39, 0.29) is 12.2 Å². The van der Waals surface area contributed by atoms with E-state index in [0.717, 1.165) is 0 Å². The standard InChI is InChI=1S/C15H15N3O4/c1-10-12(15(19)22-2)7-8-14(17-10)16-9-11-5-3-4-6-13(11)18(20)21/h3-8H,9H2,1-2H3,(H,16,17). The first-order valence-electron chi connectivity index (χ1n) is 6.55. The number of carbonyl (C=O) groups is 1. The predicted molar refractivity (Wildman–Crippen MR) is 80.7 cm³/mol. The summed E-state index contributed by atoms with van der Waals surface area (Å²) in [7, 11) is 1.31. The van der Waals surface area contributed by atoms with Crippen LogP contribution in [0.15, 0.2) is 36.4 Å². The van der Waals surface area contributed by atoms with Crippen molar-refractivity contribution in [2.75, 3.05) is 12.4 Å². The summed E-state index contributed by atoms with van der Waals surface area (Å²) in [4.78, 5) is 26.3. The first kappa shape index (κ1) is 15.4. The molecular weight excluding hydrogens is 286 g/mol. The van der Waals surface area contributed by atoms with Gasteiger partial charge in [0.05, 0.1) is 23.3 Å². The fraction of sp³-hybridized carbons (Fsp3) is 0.200. The van der Waals surface area contributed by atoms with E-state index in [1.807, 2.05) is 0 Å². The number of nitrogens with one attached hydrogen (secondary N) is 1. The molecule has 0 aliphatic carbocycles. The van der Waals surface area contributed by atoms with Gasteiger partial charge in [0.15, 0.2) is 0 Å². The Hall–Kier alpha value is -2.96. The van der Waals surface area contributed by atoms with Crippen LogP contribution in [0.5, 0.6) is 0 Å². The number of anilines is 1. The average molecular weight is 301 g/mol. The Morgan fingerprint density at radius 1 is 1.32 bits per heavy atom. The van der Waals surface area contributed by atoms with E-state index in [4.69, 9.17) is 0 Å². The quantitative estimate of drug-likeness (QED) is 0.518. The molecule has 0 fully saturated rings. The van der Waals surface area contributed by atoms with Crippen LogP contribution in [0.4, 0.5) is 11.5 Å². The van der Waals surface area contributed by atoms with E-state index >= 15 is 0 Å². The van der Waals surface area contributed by atoms with Gasteiger partial charge in [0.25, 0.3) is 5.69 Å². The van der Waals surface area contributed by atoms with Crippen molar-refractivity contribution in [1.82, 2.24) is 4.98 Å². The minimum Gasteiger partial charge on any atom is -0.465 e. The highest BCUT2D eigenvalue weighted by atomic mass is 16.6. The lowest BCUT2D eigenvalue weighted by Crippen LogP contribution is -2.08. The first-order valence-corrected chi connectivity index (χ1v) is 6.55. The second kappa shape index (κ2) is 6.66. The minimum atomic E-state index is -0.449. The van der Waals surface area contributed by atoms with Crippen molar-refractivity contribution in [3.8, 4) is 0 Å². The van der Waals surface area contributed by atoms with Crippen LogP contribution in [0.2, 0.25) is 0 Å². The Morgan fingerprint density at radius 3 is 2.68 bits per heavy atom. The maximum absolute atomic E-state index is 11.5. The van der Waals surface area contributed by atoms with Gasteiger partial charge in [-0.1, -0.05) is 18.2 Å². The molecule has 7 nitrogen and oxygen atoms in total. The van der Waals surface area contributed by atoms with Gasteiger partial charge < -0.3 is 10.1 Å². The molecule has 114 valence electrons. The number of hydrogen-bond donors (Lipinski definition) is 1. The molecule has 1 aromatic carbocycles. The van der Waals surface area contributed by atoms with Crippen LogP contribution in [-0.4, -0.2) is 23.0 Å². The second-order valence-corrected chi connectivity index (χ2v) is 4.56. The van der Waals surface area contributed by atoms with Crippen molar-refractivity contribution in [2.24, 2.45) is 0 Å². The van der Waals surface area contributed by atoms with Gasteiger partial charge in [0.2, 0.25) is 0 Å². The molecule has 0 aliphatic heterocycles. The third-order valence-corrected chi connectivity index (χ3v) is 3.14. The predicted octanol–water partition coefficient (Wildman–Crippen LogP) is 2.70. The van der Waals surface area contributed by atoms with Crippen LogP contribution in [-0.2, 0) is 11.3 Å². The maximum Gasteiger partial charge on any atom is 0.339 e. The van der Waals surface area contributed by atoms with Crippen LogP contribution < -0.4 is 5.32 Å². The van der Waals surface area contributed by atoms with Gasteiger partial charge in [-0.05, 0) is 19.1 Å². The van der Waals surface area contributed by atoms with Crippen molar-refractivity contribution < 1.29 is 14.5 Å². The molecular formula is C15H15N3O4. The lowest BCUT2D eigenvalue weighted by molar-refractivity contribution is -0.385. The number of aromatic nitrogens is 1. The largest absolute Gasteiger partial charge is 0.465 e. The molecule has 7 heteroatoms. The number of ether oxygens (including phenoxy) is 1. The van der Waals surface area contributed by atoms with Gasteiger partial charge in [0.1, 0.15) is 5.82 Å². The Labute approximate surface area is 127 Å². The smallest absolute Gasteiger partial charge is 0.339 e. The molecule has 0 unspecified atom stereocenters. The number of nitro groups is 1. The van der Waals surface area contributed by atoms with Gasteiger partial charge in [-0.2, -0.15) is 0 Å². The lowest BCUT2D eigenvalue weighted by atomic mass is 10.1. The summed E-state index contributed by atoms with van der Waals surface area (Å²) in [5.74, 6) is 0.0820. The third kappa shape index (κ3) is 3.38. The number of nitrogens with zero attached hydrogens (tertiary/aromatic N) is 2. The summed E-state index contributed by atoms with van der Waals surface area (Å²) < 4.78 is 4.65. The SMILES string of the molecule is COC(=O)c1ccc(NCc2ccccc2[N+](=O)[O-])nc1C. The molecule has 2 aromatic rings. The number of pyridine rings is 1. The summed E-state index contributed by atoms with van der Waals surface area (Å²) in [6.45, 7) is 1.96. The Kier molecular flexibility index (Phi) is 4.67. The molecule has 1 N–H and O–H groups in total. The molecule has 22 heavy (non-hydrogen) atoms. The topological polar surface area (TPSA) is 94.4 Å². The van der Waals surface area contributed by atoms with Gasteiger partial charge >= 0.3 is 5.97 Å². The lowest BCUT2D eigenvalue weighted by Gasteiger charge is -2.09. The summed E-state index contributed by atoms with van der Waals surface area (Å²) in [5, 5.41) is 14.0. The zero-order chi connectivity index (χ0) is 16.1. The van der Waals surface area contributed by atoms with E-state index in [9.17, 15) is 14.9 Å². The molecule has 1 aromatic heterocycles. The Morgan fingerprint density at radius 2 is 2.05 bits per heavy atom. The van der Waals surface area contributed by atoms with Gasteiger partial charge in [-0.25, -0.2) is 9.78 Å². The number of esters is 1. The van der Waals surface area contributed by atoms with E-state index < -0.39 is 10.9 Å². The summed E-state index contributed by atoms with van der Waals surface area (Å²) in [6.07, 6.45) is 0. The van der Waals surface area contributed by atoms with E-state index in [2.05, 4.69) is 15.0 Å². The van der Waals surface area contributed by atoms with Crippen molar-refractivity contribution in [3.63, 3.8) is 0 Å². The maximum atomic E-state index is 11.5. The number of carbonyl (C=O) groups excluding carboxylic acids is 1. The number of para-hydroxylation sites is 1. The highest BCUT2D eigenvalue weighted by molar-refractivity contribution is 5.90. The molecule has 0 spiro atoms. The van der Waals surface area contributed by atoms with Crippen molar-refractivity contribution in [3.05, 3.63) is 63.3 Å². The Balaban J connectivity index is 2.14. The molecule has 1 heterocycles. The monoisotopic (exact) mass is 301 g/mol. The minimum absolute atomic E-state index is 0.0536. The van der Waals surface area contributed by atoms with Crippen molar-refractivity contribution in [2.45, 2.75) is 13.5 Å². The summed E-state index contributed by atoms with van der Waals surface area (Å²) in [5.41, 5.74) is 1.53. The van der Waals surface area contributed by atoms with Gasteiger partial charge in [-0.3, -0.25) is 10.1 Å². The summed E-state index contributed by atoms with van der Waals surface area (Å²) in [6, 6.07) is 9.74. The molecule has 2 rings (SSSR count). The van der Waals surface area contributed by atoms with Gasteiger partial charge in [0, 0.05) is 18.2 Å². The van der Waals surface area contributed by atoms with Crippen molar-refractivity contribution in [1.29, 1.82) is 0 Å². The Bertz CT molecular complexity index is 716. The number of rotatable bonds is 5. The highest BCUT2D eigenvalue weighted by Crippen LogP contribution is 2.19. The molecule has 0 aliphatic rings. The number of methoxy groups -OCH3 is 1. The van der Waals surface area contributed by atoms with Crippen LogP contribution >= 0.6 is 0 Å². The fourth-order valence-electron chi connectivity index (χ4n) is 2.01. The number of aryl methyl sites for hydroxylation is 1. The highest BCUT2D eigenvalue weighted by Gasteiger charge is 2.13. The molecule has 0 atom stereocenters. The van der Waals surface area contributed by atoms with Crippen LogP contribution in [0, 0.1) is 17.0 Å². The van der Waals surface area contributed by atoms with Crippen LogP contribution in [0.25, 0.3) is 0 Å². The van der Waals surface area contributed by atoms with E-state index in [1.54, 1.807) is 37.3 Å². The number of benzene rings is 1. The zero-order valence-corrected chi connectivity index (χ0v) is 12.2. The second-order valence-electron chi connectivity index (χ2n) is 4.56. The van der Waals surface area contributed by atoms with Crippen molar-refractivity contribution >= 4 is 17.5 Å². The molecule has 0 bridgehead atoms. The first-order chi connectivity index (χ1) is 10.5. The van der Waals surface area contributed by atoms with E-state index in [0.29, 0.717) is 22.6 Å². The molecule has 0 saturated heterocycles. The molecule has 0 saturated carbocycles. The summed E-state index contributed by atoms with van der Waals surface area (Å²) >= 11 is 0. The molecule has 0 amide bonds. The zero-order valence-electron chi connectivity index (χ0n) is 12.2. The average Bonchev–Trinajstić information content (AvgIpc) is 2.52. The third-order valence-electron chi connectivity index (χ3n) is 3.14. The normalized spacial score (nSPS) is 10.1. The number of nitro benzene ring substituents is 1. The fourth-order valence-corrected chi connectivity index (χ4v) is 2.01. The number of hydrogen-bond acceptors (Lipinski definition) is 6.